The van der Waals surface area contributed by atoms with Crippen molar-refractivity contribution in [3.63, 3.8) is 0 Å². The van der Waals surface area contributed by atoms with Crippen LogP contribution in [-0.2, 0) is 23.1 Å². The fourth-order valence-corrected chi connectivity index (χ4v) is 6.21. The molecule has 0 bridgehead atoms. The number of hydrogen-bond acceptors (Lipinski definition) is 3. The van der Waals surface area contributed by atoms with Crippen LogP contribution in [0.15, 0.2) is 42.5 Å². The van der Waals surface area contributed by atoms with Gasteiger partial charge in [-0.2, -0.15) is 0 Å². The van der Waals surface area contributed by atoms with Gasteiger partial charge in [-0.05, 0) is 73.4 Å². The van der Waals surface area contributed by atoms with E-state index in [1.165, 1.54) is 31.2 Å². The molecule has 4 aliphatic rings. The summed E-state index contributed by atoms with van der Waals surface area (Å²) < 4.78 is 5.78. The van der Waals surface area contributed by atoms with Crippen LogP contribution in [0.3, 0.4) is 0 Å². The zero-order chi connectivity index (χ0) is 19.4. The van der Waals surface area contributed by atoms with Crippen LogP contribution in [0.1, 0.15) is 36.0 Å². The van der Waals surface area contributed by atoms with Crippen LogP contribution < -0.4 is 9.64 Å². The molecule has 4 heteroatoms. The molecular weight excluding hydrogens is 360 g/mol. The number of nitrogens with zero attached hydrogens (tertiary/aromatic N) is 2. The molecule has 1 spiro atoms. The van der Waals surface area contributed by atoms with E-state index < -0.39 is 0 Å². The van der Waals surface area contributed by atoms with Gasteiger partial charge in [-0.1, -0.05) is 36.4 Å². The van der Waals surface area contributed by atoms with E-state index in [-0.39, 0.29) is 5.92 Å². The maximum Gasteiger partial charge on any atom is 0.231 e. The molecule has 0 N–H and O–H groups in total. The Morgan fingerprint density at radius 2 is 1.79 bits per heavy atom. The van der Waals surface area contributed by atoms with Crippen molar-refractivity contribution in [1.29, 1.82) is 0 Å². The SMILES string of the molecule is O=C1C(CN2CCC3(CCc4ccccc43)CC2)Cc2cccc3c2N1CCO3. The zero-order valence-corrected chi connectivity index (χ0v) is 16.9. The number of anilines is 1. The second-order valence-electron chi connectivity index (χ2n) is 9.24. The van der Waals surface area contributed by atoms with Gasteiger partial charge in [0.2, 0.25) is 5.91 Å². The molecule has 3 aliphatic heterocycles. The first kappa shape index (κ1) is 17.5. The lowest BCUT2D eigenvalue weighted by Crippen LogP contribution is -2.50. The molecule has 1 saturated heterocycles. The van der Waals surface area contributed by atoms with Gasteiger partial charge in [-0.15, -0.1) is 0 Å². The number of carbonyl (C=O) groups is 1. The molecule has 150 valence electrons. The average Bonchev–Trinajstić information content (AvgIpc) is 3.12. The predicted octanol–water partition coefficient (Wildman–Crippen LogP) is 3.56. The highest BCUT2D eigenvalue weighted by Gasteiger charge is 2.42. The summed E-state index contributed by atoms with van der Waals surface area (Å²) in [7, 11) is 0. The molecule has 0 saturated carbocycles. The molecule has 3 heterocycles. The number of aryl methyl sites for hydroxylation is 1. The summed E-state index contributed by atoms with van der Waals surface area (Å²) in [5.41, 5.74) is 5.84. The number of amides is 1. The minimum atomic E-state index is 0.0702. The van der Waals surface area contributed by atoms with E-state index >= 15 is 0 Å². The largest absolute Gasteiger partial charge is 0.490 e. The van der Waals surface area contributed by atoms with Gasteiger partial charge >= 0.3 is 0 Å². The van der Waals surface area contributed by atoms with Crippen molar-refractivity contribution in [2.24, 2.45) is 5.92 Å². The lowest BCUT2D eigenvalue weighted by molar-refractivity contribution is -0.123. The molecule has 6 rings (SSSR count). The zero-order valence-electron chi connectivity index (χ0n) is 16.9. The minimum absolute atomic E-state index is 0.0702. The minimum Gasteiger partial charge on any atom is -0.490 e. The van der Waals surface area contributed by atoms with Crippen molar-refractivity contribution in [1.82, 2.24) is 4.90 Å². The first-order chi connectivity index (χ1) is 14.2. The Kier molecular flexibility index (Phi) is 3.98. The highest BCUT2D eigenvalue weighted by atomic mass is 16.5. The number of para-hydroxylation sites is 1. The van der Waals surface area contributed by atoms with Crippen molar-refractivity contribution in [2.75, 3.05) is 37.7 Å². The molecule has 1 amide bonds. The Bertz CT molecular complexity index is 961. The summed E-state index contributed by atoms with van der Waals surface area (Å²) in [6, 6.07) is 15.3. The van der Waals surface area contributed by atoms with E-state index in [0.717, 1.165) is 37.5 Å². The number of ether oxygens (including phenoxy) is 1. The molecule has 2 aromatic carbocycles. The topological polar surface area (TPSA) is 32.8 Å². The number of hydrogen-bond donors (Lipinski definition) is 0. The van der Waals surface area contributed by atoms with Crippen LogP contribution in [0.25, 0.3) is 0 Å². The van der Waals surface area contributed by atoms with Gasteiger partial charge in [0, 0.05) is 6.54 Å². The maximum absolute atomic E-state index is 13.2. The smallest absolute Gasteiger partial charge is 0.231 e. The first-order valence-corrected chi connectivity index (χ1v) is 11.1. The summed E-state index contributed by atoms with van der Waals surface area (Å²) in [6.45, 7) is 4.37. The third kappa shape index (κ3) is 2.72. The molecule has 1 unspecified atom stereocenters. The number of likely N-dealkylation sites (tertiary alicyclic amines) is 1. The third-order valence-electron chi connectivity index (χ3n) is 7.76. The second-order valence-corrected chi connectivity index (χ2v) is 9.24. The Hall–Kier alpha value is -2.33. The molecule has 4 nitrogen and oxygen atoms in total. The highest BCUT2D eigenvalue weighted by Crippen LogP contribution is 2.46. The molecule has 0 aromatic heterocycles. The second kappa shape index (κ2) is 6.60. The number of benzene rings is 2. The molecule has 0 radical (unpaired) electrons. The van der Waals surface area contributed by atoms with Crippen LogP contribution in [-0.4, -0.2) is 43.6 Å². The van der Waals surface area contributed by atoms with Gasteiger partial charge in [0.25, 0.3) is 0 Å². The fourth-order valence-electron chi connectivity index (χ4n) is 6.21. The fraction of sp³-hybridized carbons (Fsp3) is 0.480. The number of fused-ring (bicyclic) bond motifs is 2. The van der Waals surface area contributed by atoms with Crippen molar-refractivity contribution < 1.29 is 9.53 Å². The Morgan fingerprint density at radius 3 is 2.69 bits per heavy atom. The van der Waals surface area contributed by atoms with E-state index in [1.54, 1.807) is 11.1 Å². The van der Waals surface area contributed by atoms with Gasteiger partial charge in [0.15, 0.2) is 0 Å². The summed E-state index contributed by atoms with van der Waals surface area (Å²) in [5, 5.41) is 0. The van der Waals surface area contributed by atoms with Gasteiger partial charge in [0.1, 0.15) is 12.4 Å². The number of carbonyl (C=O) groups excluding carboxylic acids is 1. The predicted molar refractivity (Wildman–Crippen MR) is 114 cm³/mol. The van der Waals surface area contributed by atoms with E-state index in [4.69, 9.17) is 4.74 Å². The third-order valence-corrected chi connectivity index (χ3v) is 7.76. The highest BCUT2D eigenvalue weighted by molar-refractivity contribution is 6.00. The molecule has 29 heavy (non-hydrogen) atoms. The van der Waals surface area contributed by atoms with Crippen LogP contribution in [0.5, 0.6) is 5.75 Å². The summed E-state index contributed by atoms with van der Waals surface area (Å²) >= 11 is 0. The van der Waals surface area contributed by atoms with Gasteiger partial charge in [-0.25, -0.2) is 0 Å². The van der Waals surface area contributed by atoms with Crippen LogP contribution in [0.2, 0.25) is 0 Å². The standard InChI is InChI=1S/C25H28N2O2/c28-24-20(16-19-5-3-7-22-23(19)27(24)14-15-29-22)17-26-12-10-25(11-13-26)9-8-18-4-1-2-6-21(18)25/h1-7,20H,8-17H2. The summed E-state index contributed by atoms with van der Waals surface area (Å²) in [4.78, 5) is 17.8. The number of piperidine rings is 1. The maximum atomic E-state index is 13.2. The lowest BCUT2D eigenvalue weighted by atomic mass is 9.73. The van der Waals surface area contributed by atoms with E-state index in [0.29, 0.717) is 24.5 Å². The first-order valence-electron chi connectivity index (χ1n) is 11.1. The molecule has 2 aromatic rings. The molecular formula is C25H28N2O2. The van der Waals surface area contributed by atoms with Gasteiger partial charge in [0.05, 0.1) is 18.2 Å². The molecule has 1 atom stereocenters. The van der Waals surface area contributed by atoms with Crippen molar-refractivity contribution >= 4 is 11.6 Å². The van der Waals surface area contributed by atoms with Crippen LogP contribution >= 0.6 is 0 Å². The van der Waals surface area contributed by atoms with Crippen molar-refractivity contribution in [3.8, 4) is 5.75 Å². The monoisotopic (exact) mass is 388 g/mol. The van der Waals surface area contributed by atoms with Crippen molar-refractivity contribution in [2.45, 2.75) is 37.5 Å². The van der Waals surface area contributed by atoms with E-state index in [2.05, 4.69) is 41.3 Å². The summed E-state index contributed by atoms with van der Waals surface area (Å²) in [5.74, 6) is 1.24. The van der Waals surface area contributed by atoms with Crippen LogP contribution in [0, 0.1) is 5.92 Å². The summed E-state index contributed by atoms with van der Waals surface area (Å²) in [6.07, 6.45) is 5.82. The van der Waals surface area contributed by atoms with Crippen molar-refractivity contribution in [3.05, 3.63) is 59.2 Å². The quantitative estimate of drug-likeness (QED) is 0.789. The Morgan fingerprint density at radius 1 is 0.966 bits per heavy atom. The number of rotatable bonds is 2. The van der Waals surface area contributed by atoms with Gasteiger partial charge in [-0.3, -0.25) is 4.79 Å². The van der Waals surface area contributed by atoms with E-state index in [1.807, 2.05) is 11.0 Å². The lowest BCUT2D eigenvalue weighted by Gasteiger charge is -2.43. The van der Waals surface area contributed by atoms with Crippen LogP contribution in [0.4, 0.5) is 5.69 Å². The Labute approximate surface area is 172 Å². The van der Waals surface area contributed by atoms with E-state index in [9.17, 15) is 4.79 Å². The average molecular weight is 389 g/mol. The van der Waals surface area contributed by atoms with Gasteiger partial charge < -0.3 is 14.5 Å². The molecule has 1 fully saturated rings. The molecule has 1 aliphatic carbocycles. The normalized spacial score (nSPS) is 24.9. The Balaban J connectivity index is 1.17.